The molecule has 0 heterocycles. The van der Waals surface area contributed by atoms with Crippen LogP contribution in [0.5, 0.6) is 0 Å². The number of carbonyl (C=O) groups is 2. The molecular formula is C17H18ClN3O2. The molecule has 0 aliphatic rings. The average molecular weight is 332 g/mol. The van der Waals surface area contributed by atoms with E-state index in [-0.39, 0.29) is 0 Å². The predicted molar refractivity (Wildman–Crippen MR) is 92.8 cm³/mol. The van der Waals surface area contributed by atoms with Gasteiger partial charge in [-0.2, -0.15) is 0 Å². The van der Waals surface area contributed by atoms with Crippen molar-refractivity contribution >= 4 is 40.5 Å². The van der Waals surface area contributed by atoms with Gasteiger partial charge in [-0.25, -0.2) is 0 Å². The van der Waals surface area contributed by atoms with Gasteiger partial charge in [0.25, 0.3) is 0 Å². The van der Waals surface area contributed by atoms with Crippen LogP contribution in [0.25, 0.3) is 0 Å². The summed E-state index contributed by atoms with van der Waals surface area (Å²) in [5.41, 5.74) is 7.45. The van der Waals surface area contributed by atoms with Gasteiger partial charge in [-0.15, -0.1) is 11.6 Å². The summed E-state index contributed by atoms with van der Waals surface area (Å²) in [6, 6.07) is 15.7. The van der Waals surface area contributed by atoms with E-state index in [0.29, 0.717) is 35.9 Å². The minimum absolute atomic E-state index is 0.360. The SMILES string of the molecule is Nc1ccc(N(C(=O)C(=O)NCCCCl)c2ccccc2)cc1. The number of nitrogens with zero attached hydrogens (tertiary/aromatic N) is 1. The van der Waals surface area contributed by atoms with Gasteiger partial charge >= 0.3 is 11.8 Å². The van der Waals surface area contributed by atoms with E-state index in [2.05, 4.69) is 5.32 Å². The van der Waals surface area contributed by atoms with Crippen molar-refractivity contribution in [1.82, 2.24) is 5.32 Å². The quantitative estimate of drug-likeness (QED) is 0.383. The Kier molecular flexibility index (Phi) is 6.00. The molecule has 0 aromatic heterocycles. The van der Waals surface area contributed by atoms with Gasteiger partial charge in [-0.3, -0.25) is 14.5 Å². The van der Waals surface area contributed by atoms with E-state index in [9.17, 15) is 9.59 Å². The summed E-state index contributed by atoms with van der Waals surface area (Å²) in [4.78, 5) is 26.0. The normalized spacial score (nSPS) is 10.1. The first kappa shape index (κ1) is 16.8. The molecule has 2 amide bonds. The number of anilines is 3. The number of hydrogen-bond acceptors (Lipinski definition) is 3. The van der Waals surface area contributed by atoms with Gasteiger partial charge in [0.05, 0.1) is 0 Å². The number of alkyl halides is 1. The second kappa shape index (κ2) is 8.19. The molecule has 0 aliphatic carbocycles. The fourth-order valence-corrected chi connectivity index (χ4v) is 2.16. The highest BCUT2D eigenvalue weighted by Gasteiger charge is 2.24. The predicted octanol–water partition coefficient (Wildman–Crippen LogP) is 2.68. The molecular weight excluding hydrogens is 314 g/mol. The summed E-state index contributed by atoms with van der Waals surface area (Å²) >= 11 is 5.58. The number of nitrogens with two attached hydrogens (primary N) is 1. The van der Waals surface area contributed by atoms with Crippen LogP contribution in [0.3, 0.4) is 0 Å². The zero-order valence-electron chi connectivity index (χ0n) is 12.5. The van der Waals surface area contributed by atoms with Gasteiger partial charge in [-0.05, 0) is 42.8 Å². The number of amides is 2. The molecule has 0 bridgehead atoms. The Bertz CT molecular complexity index is 659. The molecule has 3 N–H and O–H groups in total. The Morgan fingerprint density at radius 1 is 1.00 bits per heavy atom. The maximum atomic E-state index is 12.6. The molecule has 120 valence electrons. The molecule has 2 aromatic rings. The highest BCUT2D eigenvalue weighted by atomic mass is 35.5. The lowest BCUT2D eigenvalue weighted by molar-refractivity contribution is -0.137. The fraction of sp³-hybridized carbons (Fsp3) is 0.176. The smallest absolute Gasteiger partial charge is 0.320 e. The van der Waals surface area contributed by atoms with E-state index in [1.165, 1.54) is 4.90 Å². The van der Waals surface area contributed by atoms with Crippen LogP contribution in [0.4, 0.5) is 17.1 Å². The third-order valence-corrected chi connectivity index (χ3v) is 3.43. The van der Waals surface area contributed by atoms with E-state index < -0.39 is 11.8 Å². The number of nitrogen functional groups attached to an aromatic ring is 1. The molecule has 23 heavy (non-hydrogen) atoms. The van der Waals surface area contributed by atoms with Crippen molar-refractivity contribution in [2.24, 2.45) is 0 Å². The third-order valence-electron chi connectivity index (χ3n) is 3.16. The Morgan fingerprint density at radius 2 is 1.61 bits per heavy atom. The zero-order chi connectivity index (χ0) is 16.7. The van der Waals surface area contributed by atoms with Crippen LogP contribution < -0.4 is 16.0 Å². The van der Waals surface area contributed by atoms with Crippen molar-refractivity contribution in [2.45, 2.75) is 6.42 Å². The van der Waals surface area contributed by atoms with E-state index in [1.54, 1.807) is 48.5 Å². The maximum absolute atomic E-state index is 12.6. The minimum Gasteiger partial charge on any atom is -0.399 e. The van der Waals surface area contributed by atoms with Crippen LogP contribution in [0.2, 0.25) is 0 Å². The van der Waals surface area contributed by atoms with Crippen LogP contribution in [0.1, 0.15) is 6.42 Å². The monoisotopic (exact) mass is 331 g/mol. The number of para-hydroxylation sites is 1. The molecule has 0 saturated heterocycles. The zero-order valence-corrected chi connectivity index (χ0v) is 13.3. The summed E-state index contributed by atoms with van der Waals surface area (Å²) in [7, 11) is 0. The lowest BCUT2D eigenvalue weighted by atomic mass is 10.2. The molecule has 0 unspecified atom stereocenters. The van der Waals surface area contributed by atoms with Crippen LogP contribution in [0.15, 0.2) is 54.6 Å². The number of hydrogen-bond donors (Lipinski definition) is 2. The lowest BCUT2D eigenvalue weighted by Crippen LogP contribution is -2.41. The number of rotatable bonds is 5. The largest absolute Gasteiger partial charge is 0.399 e. The molecule has 6 heteroatoms. The van der Waals surface area contributed by atoms with Crippen LogP contribution in [-0.4, -0.2) is 24.2 Å². The van der Waals surface area contributed by atoms with E-state index in [1.807, 2.05) is 6.07 Å². The van der Waals surface area contributed by atoms with Crippen molar-refractivity contribution in [3.8, 4) is 0 Å². The van der Waals surface area contributed by atoms with Crippen LogP contribution >= 0.6 is 11.6 Å². The molecule has 0 atom stereocenters. The Labute approximate surface area is 140 Å². The summed E-state index contributed by atoms with van der Waals surface area (Å²) in [6.45, 7) is 0.360. The van der Waals surface area contributed by atoms with Gasteiger partial charge in [0.1, 0.15) is 0 Å². The summed E-state index contributed by atoms with van der Waals surface area (Å²) in [5.74, 6) is -0.902. The molecule has 0 spiro atoms. The van der Waals surface area contributed by atoms with E-state index >= 15 is 0 Å². The Morgan fingerprint density at radius 3 is 2.22 bits per heavy atom. The van der Waals surface area contributed by atoms with Gasteiger partial charge in [0.2, 0.25) is 0 Å². The van der Waals surface area contributed by atoms with Gasteiger partial charge in [0, 0.05) is 29.5 Å². The minimum atomic E-state index is -0.671. The Balaban J connectivity index is 2.28. The first-order valence-electron chi connectivity index (χ1n) is 7.22. The highest BCUT2D eigenvalue weighted by molar-refractivity contribution is 6.42. The number of halogens is 1. The average Bonchev–Trinajstić information content (AvgIpc) is 2.58. The molecule has 2 rings (SSSR count). The van der Waals surface area contributed by atoms with Gasteiger partial charge in [0.15, 0.2) is 0 Å². The first-order valence-corrected chi connectivity index (χ1v) is 7.76. The molecule has 0 radical (unpaired) electrons. The van der Waals surface area contributed by atoms with Crippen molar-refractivity contribution in [1.29, 1.82) is 0 Å². The second-order valence-corrected chi connectivity index (χ2v) is 5.24. The summed E-state index contributed by atoms with van der Waals surface area (Å²) in [6.07, 6.45) is 0.605. The van der Waals surface area contributed by atoms with Crippen LogP contribution in [-0.2, 0) is 9.59 Å². The lowest BCUT2D eigenvalue weighted by Gasteiger charge is -2.22. The third kappa shape index (κ3) is 4.47. The standard InChI is InChI=1S/C17H18ClN3O2/c18-11-4-12-20-16(22)17(23)21(14-5-2-1-3-6-14)15-9-7-13(19)8-10-15/h1-3,5-10H,4,11-12,19H2,(H,20,22). The molecule has 0 saturated carbocycles. The molecule has 0 aliphatic heterocycles. The number of benzene rings is 2. The fourth-order valence-electron chi connectivity index (χ4n) is 2.03. The number of carbonyl (C=O) groups excluding carboxylic acids is 2. The Hall–Kier alpha value is -2.53. The van der Waals surface area contributed by atoms with Gasteiger partial charge < -0.3 is 11.1 Å². The van der Waals surface area contributed by atoms with Crippen molar-refractivity contribution in [3.05, 3.63) is 54.6 Å². The number of nitrogens with one attached hydrogen (secondary N) is 1. The molecule has 0 fully saturated rings. The molecule has 5 nitrogen and oxygen atoms in total. The van der Waals surface area contributed by atoms with Crippen molar-refractivity contribution in [3.63, 3.8) is 0 Å². The van der Waals surface area contributed by atoms with Crippen molar-refractivity contribution < 1.29 is 9.59 Å². The van der Waals surface area contributed by atoms with Crippen LogP contribution in [0, 0.1) is 0 Å². The highest BCUT2D eigenvalue weighted by Crippen LogP contribution is 2.26. The molecule has 2 aromatic carbocycles. The second-order valence-electron chi connectivity index (χ2n) is 4.87. The van der Waals surface area contributed by atoms with E-state index in [0.717, 1.165) is 0 Å². The van der Waals surface area contributed by atoms with E-state index in [4.69, 9.17) is 17.3 Å². The van der Waals surface area contributed by atoms with Crippen molar-refractivity contribution in [2.75, 3.05) is 23.1 Å². The summed E-state index contributed by atoms with van der Waals surface area (Å²) < 4.78 is 0. The first-order chi connectivity index (χ1) is 11.1. The maximum Gasteiger partial charge on any atom is 0.320 e. The summed E-state index contributed by atoms with van der Waals surface area (Å²) in [5, 5.41) is 2.58. The van der Waals surface area contributed by atoms with Gasteiger partial charge in [-0.1, -0.05) is 18.2 Å². The topological polar surface area (TPSA) is 75.4 Å².